The molecule has 0 unspecified atom stereocenters. The number of ether oxygens (including phenoxy) is 1. The van der Waals surface area contributed by atoms with Crippen molar-refractivity contribution in [2.75, 3.05) is 21.2 Å². The van der Waals surface area contributed by atoms with Gasteiger partial charge in [-0.2, -0.15) is 0 Å². The Labute approximate surface area is 161 Å². The van der Waals surface area contributed by atoms with E-state index in [4.69, 9.17) is 4.74 Å². The first-order valence-corrected chi connectivity index (χ1v) is 9.32. The molecule has 0 fully saturated rings. The number of carbonyl (C=O) groups is 1. The first-order chi connectivity index (χ1) is 13.1. The topological polar surface area (TPSA) is 127 Å². The Kier molecular flexibility index (Phi) is 6.16. The number of rotatable bonds is 7. The van der Waals surface area contributed by atoms with Gasteiger partial charge in [0.15, 0.2) is 11.5 Å². The van der Waals surface area contributed by atoms with Gasteiger partial charge in [0.1, 0.15) is 0 Å². The zero-order valence-corrected chi connectivity index (χ0v) is 16.1. The second-order valence-electron chi connectivity index (χ2n) is 5.86. The summed E-state index contributed by atoms with van der Waals surface area (Å²) >= 11 is 0. The van der Waals surface area contributed by atoms with E-state index >= 15 is 0 Å². The maximum Gasteiger partial charge on any atom is 0.315 e. The highest BCUT2D eigenvalue weighted by atomic mass is 32.2. The number of methoxy groups -OCH3 is 1. The van der Waals surface area contributed by atoms with Gasteiger partial charge in [0.25, 0.3) is 0 Å². The Morgan fingerprint density at radius 2 is 1.82 bits per heavy atom. The maximum atomic E-state index is 12.3. The number of phenols is 1. The van der Waals surface area contributed by atoms with Crippen LogP contribution in [0.2, 0.25) is 0 Å². The Morgan fingerprint density at radius 1 is 1.21 bits per heavy atom. The van der Waals surface area contributed by atoms with E-state index in [1.807, 2.05) is 0 Å². The van der Waals surface area contributed by atoms with E-state index < -0.39 is 32.2 Å². The van der Waals surface area contributed by atoms with Crippen molar-refractivity contribution in [3.63, 3.8) is 0 Å². The lowest BCUT2D eigenvalue weighted by Gasteiger charge is -2.11. The van der Waals surface area contributed by atoms with Crippen molar-refractivity contribution in [3.05, 3.63) is 63.7 Å². The van der Waals surface area contributed by atoms with Gasteiger partial charge in [-0.05, 0) is 42.0 Å². The lowest BCUT2D eigenvalue weighted by atomic mass is 10.1. The Morgan fingerprint density at radius 3 is 2.32 bits per heavy atom. The molecule has 0 radical (unpaired) electrons. The van der Waals surface area contributed by atoms with E-state index in [1.165, 1.54) is 63.7 Å². The quantitative estimate of drug-likeness (QED) is 0.324. The third kappa shape index (κ3) is 4.35. The average Bonchev–Trinajstić information content (AvgIpc) is 2.66. The summed E-state index contributed by atoms with van der Waals surface area (Å²) in [7, 11) is 0.464. The summed E-state index contributed by atoms with van der Waals surface area (Å²) in [6.07, 6.45) is 2.52. The van der Waals surface area contributed by atoms with Crippen molar-refractivity contribution in [1.29, 1.82) is 0 Å². The Hall–Kier alpha value is -3.24. The summed E-state index contributed by atoms with van der Waals surface area (Å²) in [5.41, 5.74) is -0.0274. The van der Waals surface area contributed by atoms with Gasteiger partial charge in [0.05, 0.1) is 16.9 Å². The van der Waals surface area contributed by atoms with Gasteiger partial charge in [-0.15, -0.1) is 0 Å². The SMILES string of the molecule is COc1cc(/C=C/C(=O)c2ccc(S(=O)(=O)N(C)C)cc2)cc([N+](=O)[O-])c1O. The molecular formula is C18H18N2O7S. The van der Waals surface area contributed by atoms with Crippen LogP contribution >= 0.6 is 0 Å². The van der Waals surface area contributed by atoms with Crippen molar-refractivity contribution in [2.45, 2.75) is 4.90 Å². The first kappa shape index (κ1) is 21.1. The second-order valence-corrected chi connectivity index (χ2v) is 8.01. The zero-order chi connectivity index (χ0) is 21.1. The van der Waals surface area contributed by atoms with E-state index in [0.29, 0.717) is 0 Å². The van der Waals surface area contributed by atoms with Crippen LogP contribution in [-0.2, 0) is 10.0 Å². The van der Waals surface area contributed by atoms with E-state index in [9.17, 15) is 28.4 Å². The molecule has 148 valence electrons. The molecule has 0 heterocycles. The summed E-state index contributed by atoms with van der Waals surface area (Å²) in [4.78, 5) is 22.6. The summed E-state index contributed by atoms with van der Waals surface area (Å²) in [6.45, 7) is 0. The molecule has 9 nitrogen and oxygen atoms in total. The van der Waals surface area contributed by atoms with Gasteiger partial charge in [0.2, 0.25) is 15.8 Å². The highest BCUT2D eigenvalue weighted by molar-refractivity contribution is 7.89. The second kappa shape index (κ2) is 8.19. The molecule has 1 N–H and O–H groups in total. The molecule has 0 amide bonds. The monoisotopic (exact) mass is 406 g/mol. The predicted molar refractivity (Wildman–Crippen MR) is 102 cm³/mol. The van der Waals surface area contributed by atoms with Gasteiger partial charge < -0.3 is 9.84 Å². The van der Waals surface area contributed by atoms with Crippen molar-refractivity contribution >= 4 is 27.6 Å². The van der Waals surface area contributed by atoms with E-state index in [0.717, 1.165) is 10.4 Å². The molecule has 28 heavy (non-hydrogen) atoms. The number of hydrogen-bond acceptors (Lipinski definition) is 7. The van der Waals surface area contributed by atoms with Crippen LogP contribution in [0.1, 0.15) is 15.9 Å². The van der Waals surface area contributed by atoms with Crippen molar-refractivity contribution in [3.8, 4) is 11.5 Å². The average molecular weight is 406 g/mol. The number of sulfonamides is 1. The molecule has 2 aromatic rings. The van der Waals surface area contributed by atoms with Gasteiger partial charge in [-0.1, -0.05) is 6.08 Å². The largest absolute Gasteiger partial charge is 0.500 e. The fraction of sp³-hybridized carbons (Fsp3) is 0.167. The normalized spacial score (nSPS) is 11.7. The number of nitro benzene ring substituents is 1. The highest BCUT2D eigenvalue weighted by Gasteiger charge is 2.19. The minimum absolute atomic E-state index is 0.0527. The lowest BCUT2D eigenvalue weighted by Crippen LogP contribution is -2.22. The smallest absolute Gasteiger partial charge is 0.315 e. The van der Waals surface area contributed by atoms with Crippen molar-refractivity contribution in [2.24, 2.45) is 0 Å². The molecule has 0 saturated carbocycles. The molecule has 0 atom stereocenters. The number of phenolic OH excluding ortho intramolecular Hbond substituents is 1. The third-order valence-electron chi connectivity index (χ3n) is 3.84. The number of aromatic hydroxyl groups is 1. The number of ketones is 1. The lowest BCUT2D eigenvalue weighted by molar-refractivity contribution is -0.386. The van der Waals surface area contributed by atoms with Gasteiger partial charge in [-0.25, -0.2) is 12.7 Å². The Bertz CT molecular complexity index is 1040. The van der Waals surface area contributed by atoms with Crippen molar-refractivity contribution < 1.29 is 28.0 Å². The minimum Gasteiger partial charge on any atom is -0.500 e. The number of benzene rings is 2. The summed E-state index contributed by atoms with van der Waals surface area (Å²) in [6, 6.07) is 7.86. The minimum atomic E-state index is -3.60. The molecule has 0 aliphatic rings. The standard InChI is InChI=1S/C18H18N2O7S/c1-19(2)28(25,26)14-7-5-13(6-8-14)16(21)9-4-12-10-15(20(23)24)18(22)17(11-12)27-3/h4-11,22H,1-3H3/b9-4+. The van der Waals surface area contributed by atoms with E-state index in [2.05, 4.69) is 0 Å². The molecule has 0 saturated heterocycles. The fourth-order valence-electron chi connectivity index (χ4n) is 2.27. The Balaban J connectivity index is 2.29. The van der Waals surface area contributed by atoms with Gasteiger partial charge in [-0.3, -0.25) is 14.9 Å². The van der Waals surface area contributed by atoms with Crippen LogP contribution in [0, 0.1) is 10.1 Å². The number of hydrogen-bond donors (Lipinski definition) is 1. The molecule has 2 aromatic carbocycles. The molecular weight excluding hydrogens is 388 g/mol. The molecule has 0 bridgehead atoms. The van der Waals surface area contributed by atoms with Crippen LogP contribution in [0.15, 0.2) is 47.4 Å². The number of nitro groups is 1. The number of carbonyl (C=O) groups excluding carboxylic acids is 1. The number of allylic oxidation sites excluding steroid dienone is 1. The molecule has 0 spiro atoms. The van der Waals surface area contributed by atoms with Crippen LogP contribution < -0.4 is 4.74 Å². The molecule has 0 aliphatic carbocycles. The number of nitrogens with zero attached hydrogens (tertiary/aromatic N) is 2. The first-order valence-electron chi connectivity index (χ1n) is 7.88. The van der Waals surface area contributed by atoms with Crippen LogP contribution in [0.5, 0.6) is 11.5 Å². The summed E-state index contributed by atoms with van der Waals surface area (Å²) < 4.78 is 30.0. The summed E-state index contributed by atoms with van der Waals surface area (Å²) in [5.74, 6) is -1.13. The van der Waals surface area contributed by atoms with Gasteiger partial charge in [0, 0.05) is 25.7 Å². The molecule has 0 aliphatic heterocycles. The predicted octanol–water partition coefficient (Wildman–Crippen LogP) is 2.46. The maximum absolute atomic E-state index is 12.3. The van der Waals surface area contributed by atoms with Crippen molar-refractivity contribution in [1.82, 2.24) is 4.31 Å². The molecule has 0 aromatic heterocycles. The fourth-order valence-corrected chi connectivity index (χ4v) is 3.18. The van der Waals surface area contributed by atoms with Gasteiger partial charge >= 0.3 is 5.69 Å². The highest BCUT2D eigenvalue weighted by Crippen LogP contribution is 2.37. The van der Waals surface area contributed by atoms with E-state index in [-0.39, 0.29) is 21.8 Å². The van der Waals surface area contributed by atoms with Crippen LogP contribution in [0.4, 0.5) is 5.69 Å². The summed E-state index contributed by atoms with van der Waals surface area (Å²) in [5, 5.41) is 20.8. The van der Waals surface area contributed by atoms with Crippen LogP contribution in [-0.4, -0.2) is 49.7 Å². The van der Waals surface area contributed by atoms with E-state index in [1.54, 1.807) is 0 Å². The van der Waals surface area contributed by atoms with Crippen LogP contribution in [0.25, 0.3) is 6.08 Å². The van der Waals surface area contributed by atoms with Crippen LogP contribution in [0.3, 0.4) is 0 Å². The zero-order valence-electron chi connectivity index (χ0n) is 15.3. The third-order valence-corrected chi connectivity index (χ3v) is 5.67. The molecule has 2 rings (SSSR count). The molecule has 10 heteroatoms.